The molecular weight excluding hydrogens is 406 g/mol. The van der Waals surface area contributed by atoms with Crippen molar-refractivity contribution in [2.24, 2.45) is 0 Å². The SMILES string of the molecule is CCOC(=O)C1=C(C)NC(C)=C(C(=O)OC)C1c1ccc(OC(C)=O)cc1OC(C)=O. The number of rotatable bonds is 6. The van der Waals surface area contributed by atoms with Crippen LogP contribution in [0.4, 0.5) is 0 Å². The topological polar surface area (TPSA) is 117 Å². The molecular formula is C22H25NO8. The van der Waals surface area contributed by atoms with Gasteiger partial charge in [0.15, 0.2) is 0 Å². The summed E-state index contributed by atoms with van der Waals surface area (Å²) in [7, 11) is 1.23. The predicted octanol–water partition coefficient (Wildman–Crippen LogP) is 2.51. The molecule has 1 N–H and O–H groups in total. The molecule has 1 aromatic carbocycles. The Labute approximate surface area is 180 Å². The average molecular weight is 431 g/mol. The first kappa shape index (κ1) is 23.7. The van der Waals surface area contributed by atoms with Crippen LogP contribution in [0.1, 0.15) is 46.1 Å². The van der Waals surface area contributed by atoms with E-state index in [0.717, 1.165) is 0 Å². The fourth-order valence-electron chi connectivity index (χ4n) is 3.39. The molecule has 0 aliphatic carbocycles. The lowest BCUT2D eigenvalue weighted by Gasteiger charge is -2.31. The Bertz CT molecular complexity index is 989. The van der Waals surface area contributed by atoms with E-state index in [4.69, 9.17) is 18.9 Å². The van der Waals surface area contributed by atoms with Gasteiger partial charge in [0, 0.05) is 36.9 Å². The summed E-state index contributed by atoms with van der Waals surface area (Å²) < 4.78 is 20.6. The largest absolute Gasteiger partial charge is 0.466 e. The molecule has 0 radical (unpaired) electrons. The number of nitrogens with one attached hydrogen (secondary N) is 1. The van der Waals surface area contributed by atoms with E-state index in [0.29, 0.717) is 17.0 Å². The molecule has 1 unspecified atom stereocenters. The molecule has 1 heterocycles. The van der Waals surface area contributed by atoms with Crippen LogP contribution in [0.2, 0.25) is 0 Å². The smallest absolute Gasteiger partial charge is 0.336 e. The Morgan fingerprint density at radius 3 is 2.03 bits per heavy atom. The van der Waals surface area contributed by atoms with E-state index in [2.05, 4.69) is 5.32 Å². The second-order valence-electron chi connectivity index (χ2n) is 6.73. The fraction of sp³-hybridized carbons (Fsp3) is 0.364. The molecule has 1 aromatic rings. The summed E-state index contributed by atoms with van der Waals surface area (Å²) in [4.78, 5) is 48.6. The average Bonchev–Trinajstić information content (AvgIpc) is 2.66. The third kappa shape index (κ3) is 5.30. The molecule has 0 spiro atoms. The molecule has 9 heteroatoms. The van der Waals surface area contributed by atoms with Crippen molar-refractivity contribution in [3.63, 3.8) is 0 Å². The number of ether oxygens (including phenoxy) is 4. The lowest BCUT2D eigenvalue weighted by atomic mass is 9.80. The fourth-order valence-corrected chi connectivity index (χ4v) is 3.39. The zero-order valence-corrected chi connectivity index (χ0v) is 18.3. The summed E-state index contributed by atoms with van der Waals surface area (Å²) in [6.07, 6.45) is 0. The quantitative estimate of drug-likeness (QED) is 0.535. The first-order valence-electron chi connectivity index (χ1n) is 9.55. The third-order valence-electron chi connectivity index (χ3n) is 4.47. The first-order chi connectivity index (χ1) is 14.6. The van der Waals surface area contributed by atoms with Crippen molar-refractivity contribution in [1.82, 2.24) is 5.32 Å². The maximum absolute atomic E-state index is 12.8. The molecule has 1 aliphatic heterocycles. The number of dihydropyridines is 1. The summed E-state index contributed by atoms with van der Waals surface area (Å²) in [6.45, 7) is 7.58. The molecule has 2 rings (SSSR count). The monoisotopic (exact) mass is 431 g/mol. The minimum Gasteiger partial charge on any atom is -0.466 e. The third-order valence-corrected chi connectivity index (χ3v) is 4.47. The van der Waals surface area contributed by atoms with Crippen molar-refractivity contribution in [3.8, 4) is 11.5 Å². The summed E-state index contributed by atoms with van der Waals surface area (Å²) in [6, 6.07) is 4.35. The first-order valence-corrected chi connectivity index (χ1v) is 9.55. The van der Waals surface area contributed by atoms with E-state index in [9.17, 15) is 19.2 Å². The van der Waals surface area contributed by atoms with E-state index in [1.54, 1.807) is 20.8 Å². The highest BCUT2D eigenvalue weighted by atomic mass is 16.5. The van der Waals surface area contributed by atoms with Crippen LogP contribution in [0.25, 0.3) is 0 Å². The molecule has 0 aromatic heterocycles. The van der Waals surface area contributed by atoms with Crippen molar-refractivity contribution in [2.45, 2.75) is 40.5 Å². The minimum absolute atomic E-state index is 0.0296. The van der Waals surface area contributed by atoms with Gasteiger partial charge < -0.3 is 24.3 Å². The number of carbonyl (C=O) groups excluding carboxylic acids is 4. The zero-order valence-electron chi connectivity index (χ0n) is 18.3. The molecule has 0 saturated heterocycles. The highest BCUT2D eigenvalue weighted by molar-refractivity contribution is 6.00. The van der Waals surface area contributed by atoms with Gasteiger partial charge in [-0.15, -0.1) is 0 Å². The number of carbonyl (C=O) groups is 4. The van der Waals surface area contributed by atoms with Gasteiger partial charge in [0.25, 0.3) is 0 Å². The summed E-state index contributed by atoms with van der Waals surface area (Å²) in [5, 5.41) is 3.01. The van der Waals surface area contributed by atoms with Crippen molar-refractivity contribution < 1.29 is 38.1 Å². The lowest BCUT2D eigenvalue weighted by molar-refractivity contribution is -0.139. The van der Waals surface area contributed by atoms with Crippen molar-refractivity contribution in [2.75, 3.05) is 13.7 Å². The van der Waals surface area contributed by atoms with E-state index in [-0.39, 0.29) is 29.3 Å². The van der Waals surface area contributed by atoms with Crippen molar-refractivity contribution in [1.29, 1.82) is 0 Å². The molecule has 0 bridgehead atoms. The summed E-state index contributed by atoms with van der Waals surface area (Å²) in [5.41, 5.74) is 1.60. The van der Waals surface area contributed by atoms with E-state index >= 15 is 0 Å². The Morgan fingerprint density at radius 1 is 0.935 bits per heavy atom. The van der Waals surface area contributed by atoms with Crippen LogP contribution in [-0.4, -0.2) is 37.6 Å². The van der Waals surface area contributed by atoms with E-state index in [1.807, 2.05) is 0 Å². The van der Waals surface area contributed by atoms with Gasteiger partial charge in [-0.25, -0.2) is 9.59 Å². The normalized spacial score (nSPS) is 15.7. The van der Waals surface area contributed by atoms with E-state index in [1.165, 1.54) is 39.2 Å². The Balaban J connectivity index is 2.78. The number of hydrogen-bond acceptors (Lipinski definition) is 9. The lowest BCUT2D eigenvalue weighted by Crippen LogP contribution is -2.32. The van der Waals surface area contributed by atoms with Gasteiger partial charge in [-0.1, -0.05) is 6.07 Å². The van der Waals surface area contributed by atoms with Crippen LogP contribution in [-0.2, 0) is 28.7 Å². The minimum atomic E-state index is -0.950. The van der Waals surface area contributed by atoms with Crippen LogP contribution in [0, 0.1) is 0 Å². The molecule has 1 atom stereocenters. The Hall–Kier alpha value is -3.62. The molecule has 0 fully saturated rings. The maximum atomic E-state index is 12.8. The summed E-state index contributed by atoms with van der Waals surface area (Å²) >= 11 is 0. The molecule has 0 saturated carbocycles. The number of benzene rings is 1. The molecule has 0 amide bonds. The molecule has 166 valence electrons. The number of esters is 4. The standard InChI is InChI=1S/C22H25NO8/c1-7-29-22(27)19-12(3)23-11(2)18(21(26)28-6)20(19)16-9-8-15(30-13(4)24)10-17(16)31-14(5)25/h8-10,20,23H,7H2,1-6H3. The van der Waals surface area contributed by atoms with Gasteiger partial charge >= 0.3 is 23.9 Å². The second-order valence-corrected chi connectivity index (χ2v) is 6.73. The predicted molar refractivity (Wildman–Crippen MR) is 109 cm³/mol. The van der Waals surface area contributed by atoms with Gasteiger partial charge in [-0.3, -0.25) is 9.59 Å². The van der Waals surface area contributed by atoms with Crippen LogP contribution in [0.3, 0.4) is 0 Å². The Morgan fingerprint density at radius 2 is 1.52 bits per heavy atom. The van der Waals surface area contributed by atoms with Gasteiger partial charge in [-0.05, 0) is 26.8 Å². The van der Waals surface area contributed by atoms with Crippen LogP contribution in [0.5, 0.6) is 11.5 Å². The van der Waals surface area contributed by atoms with Crippen LogP contribution < -0.4 is 14.8 Å². The van der Waals surface area contributed by atoms with Gasteiger partial charge in [-0.2, -0.15) is 0 Å². The number of hydrogen-bond donors (Lipinski definition) is 1. The van der Waals surface area contributed by atoms with Crippen molar-refractivity contribution in [3.05, 3.63) is 46.3 Å². The molecule has 9 nitrogen and oxygen atoms in total. The highest BCUT2D eigenvalue weighted by Gasteiger charge is 2.39. The van der Waals surface area contributed by atoms with Crippen LogP contribution in [0.15, 0.2) is 40.7 Å². The number of allylic oxidation sites excluding steroid dienone is 2. The zero-order chi connectivity index (χ0) is 23.3. The van der Waals surface area contributed by atoms with Crippen molar-refractivity contribution >= 4 is 23.9 Å². The highest BCUT2D eigenvalue weighted by Crippen LogP contribution is 2.43. The van der Waals surface area contributed by atoms with E-state index < -0.39 is 29.8 Å². The molecule has 31 heavy (non-hydrogen) atoms. The van der Waals surface area contributed by atoms with Gasteiger partial charge in [0.1, 0.15) is 11.5 Å². The maximum Gasteiger partial charge on any atom is 0.336 e. The van der Waals surface area contributed by atoms with Gasteiger partial charge in [0.05, 0.1) is 30.8 Å². The molecule has 1 aliphatic rings. The summed E-state index contributed by atoms with van der Waals surface area (Å²) in [5.74, 6) is -3.27. The second kappa shape index (κ2) is 9.92. The number of methoxy groups -OCH3 is 1. The Kier molecular flexibility index (Phi) is 7.57. The van der Waals surface area contributed by atoms with Gasteiger partial charge in [0.2, 0.25) is 0 Å². The van der Waals surface area contributed by atoms with Crippen LogP contribution >= 0.6 is 0 Å².